The molecule has 0 unspecified atom stereocenters. The molecule has 1 fully saturated rings. The second-order valence-corrected chi connectivity index (χ2v) is 7.84. The third-order valence-electron chi connectivity index (χ3n) is 3.96. The van der Waals surface area contributed by atoms with Crippen molar-refractivity contribution < 1.29 is 4.79 Å². The molecule has 0 radical (unpaired) electrons. The highest BCUT2D eigenvalue weighted by molar-refractivity contribution is 9.10. The first-order chi connectivity index (χ1) is 10.7. The fourth-order valence-corrected chi connectivity index (χ4v) is 4.27. The van der Waals surface area contributed by atoms with Crippen LogP contribution in [0.2, 0.25) is 0 Å². The molecule has 0 bridgehead atoms. The molecular formula is C17H26BrClN2OS. The van der Waals surface area contributed by atoms with Crippen molar-refractivity contribution in [3.63, 3.8) is 0 Å². The van der Waals surface area contributed by atoms with Gasteiger partial charge in [-0.2, -0.15) is 0 Å². The first kappa shape index (κ1) is 20.8. The lowest BCUT2D eigenvalue weighted by Crippen LogP contribution is -2.42. The van der Waals surface area contributed by atoms with Crippen LogP contribution >= 0.6 is 40.1 Å². The van der Waals surface area contributed by atoms with E-state index in [1.165, 1.54) is 4.90 Å². The maximum Gasteiger partial charge on any atom is 0.223 e. The molecule has 130 valence electrons. The van der Waals surface area contributed by atoms with Gasteiger partial charge in [0.15, 0.2) is 0 Å². The predicted molar refractivity (Wildman–Crippen MR) is 105 cm³/mol. The fraction of sp³-hybridized carbons (Fsp3) is 0.588. The average Bonchev–Trinajstić information content (AvgIpc) is 2.52. The largest absolute Gasteiger partial charge is 0.356 e. The van der Waals surface area contributed by atoms with Crippen molar-refractivity contribution in [1.82, 2.24) is 10.6 Å². The maximum absolute atomic E-state index is 12.1. The molecule has 1 saturated heterocycles. The van der Waals surface area contributed by atoms with Gasteiger partial charge in [0.2, 0.25) is 5.91 Å². The third kappa shape index (κ3) is 7.46. The monoisotopic (exact) mass is 420 g/mol. The first-order valence-corrected chi connectivity index (χ1v) is 9.83. The van der Waals surface area contributed by atoms with E-state index in [1.807, 2.05) is 17.8 Å². The van der Waals surface area contributed by atoms with E-state index < -0.39 is 0 Å². The molecule has 23 heavy (non-hydrogen) atoms. The van der Waals surface area contributed by atoms with Gasteiger partial charge in [-0.15, -0.1) is 24.2 Å². The minimum absolute atomic E-state index is 0. The molecule has 2 rings (SSSR count). The Hall–Kier alpha value is -0.230. The topological polar surface area (TPSA) is 41.1 Å². The summed E-state index contributed by atoms with van der Waals surface area (Å²) in [5.41, 5.74) is 0. The quantitative estimate of drug-likeness (QED) is 0.511. The van der Waals surface area contributed by atoms with Gasteiger partial charge in [0.25, 0.3) is 0 Å². The van der Waals surface area contributed by atoms with Crippen molar-refractivity contribution in [2.24, 2.45) is 5.92 Å². The molecule has 1 heterocycles. The van der Waals surface area contributed by atoms with Crippen LogP contribution in [0.4, 0.5) is 0 Å². The number of carbonyl (C=O) groups is 1. The number of hydrogen-bond acceptors (Lipinski definition) is 3. The molecule has 0 aromatic heterocycles. The Morgan fingerprint density at radius 3 is 2.91 bits per heavy atom. The summed E-state index contributed by atoms with van der Waals surface area (Å²) < 4.78 is 1.16. The van der Waals surface area contributed by atoms with Crippen molar-refractivity contribution in [3.05, 3.63) is 28.7 Å². The van der Waals surface area contributed by atoms with Crippen LogP contribution in [0, 0.1) is 5.92 Å². The van der Waals surface area contributed by atoms with E-state index in [9.17, 15) is 4.79 Å². The van der Waals surface area contributed by atoms with E-state index in [2.05, 4.69) is 51.7 Å². The Bertz CT molecular complexity index is 489. The Morgan fingerprint density at radius 1 is 1.39 bits per heavy atom. The summed E-state index contributed by atoms with van der Waals surface area (Å²) >= 11 is 5.43. The molecule has 2 N–H and O–H groups in total. The Kier molecular flexibility index (Phi) is 10.3. The molecule has 1 aromatic carbocycles. The molecule has 0 saturated carbocycles. The van der Waals surface area contributed by atoms with Gasteiger partial charge in [-0.05, 0) is 73.0 Å². The summed E-state index contributed by atoms with van der Waals surface area (Å²) in [6.45, 7) is 3.91. The molecule has 1 aromatic rings. The number of benzene rings is 1. The van der Waals surface area contributed by atoms with E-state index in [4.69, 9.17) is 0 Å². The molecule has 1 aliphatic heterocycles. The summed E-state index contributed by atoms with van der Waals surface area (Å²) in [5.74, 6) is 1.53. The van der Waals surface area contributed by atoms with Crippen molar-refractivity contribution in [1.29, 1.82) is 0 Å². The number of unbranched alkanes of at least 4 members (excludes halogenated alkanes) is 1. The summed E-state index contributed by atoms with van der Waals surface area (Å²) in [4.78, 5) is 13.4. The normalized spacial score (nSPS) is 20.6. The zero-order valence-electron chi connectivity index (χ0n) is 13.5. The molecular weight excluding hydrogens is 396 g/mol. The number of piperidine rings is 1. The van der Waals surface area contributed by atoms with Crippen LogP contribution in [0.3, 0.4) is 0 Å². The van der Waals surface area contributed by atoms with E-state index in [-0.39, 0.29) is 24.2 Å². The number of hydrogen-bond donors (Lipinski definition) is 2. The minimum Gasteiger partial charge on any atom is -0.356 e. The fourth-order valence-electron chi connectivity index (χ4n) is 2.70. The van der Waals surface area contributed by atoms with Crippen LogP contribution in [0.15, 0.2) is 33.6 Å². The maximum atomic E-state index is 12.1. The molecule has 1 aliphatic rings. The smallest absolute Gasteiger partial charge is 0.223 e. The summed E-state index contributed by atoms with van der Waals surface area (Å²) in [6, 6.07) is 8.76. The van der Waals surface area contributed by atoms with E-state index in [0.717, 1.165) is 49.0 Å². The van der Waals surface area contributed by atoms with Gasteiger partial charge in [0, 0.05) is 27.9 Å². The molecule has 6 heteroatoms. The number of carbonyl (C=O) groups excluding carboxylic acids is 1. The second kappa shape index (κ2) is 11.3. The minimum atomic E-state index is 0. The first-order valence-electron chi connectivity index (χ1n) is 8.05. The summed E-state index contributed by atoms with van der Waals surface area (Å²) in [6.07, 6.45) is 4.09. The van der Waals surface area contributed by atoms with Gasteiger partial charge in [-0.25, -0.2) is 0 Å². The molecule has 3 nitrogen and oxygen atoms in total. The zero-order valence-corrected chi connectivity index (χ0v) is 16.7. The Labute approximate surface area is 158 Å². The highest BCUT2D eigenvalue weighted by Gasteiger charge is 2.24. The SMILES string of the molecule is C[C@H]1C[C@@H](C(=O)NCCCCSc2ccccc2Br)CCN1.Cl. The third-order valence-corrected chi connectivity index (χ3v) is 6.07. The number of rotatable bonds is 7. The van der Waals surface area contributed by atoms with Crippen LogP contribution in [0.5, 0.6) is 0 Å². The van der Waals surface area contributed by atoms with Gasteiger partial charge >= 0.3 is 0 Å². The van der Waals surface area contributed by atoms with Gasteiger partial charge in [-0.1, -0.05) is 12.1 Å². The number of thioether (sulfide) groups is 1. The van der Waals surface area contributed by atoms with E-state index in [0.29, 0.717) is 6.04 Å². The van der Waals surface area contributed by atoms with Gasteiger partial charge in [0.05, 0.1) is 0 Å². The molecule has 1 amide bonds. The standard InChI is InChI=1S/C17H25BrN2OS.ClH/c1-13-12-14(8-10-19-13)17(21)20-9-4-5-11-22-16-7-3-2-6-15(16)18;/h2-3,6-7,13-14,19H,4-5,8-12H2,1H3,(H,20,21);1H/t13-,14-;/m0./s1. The molecule has 0 aliphatic carbocycles. The Morgan fingerprint density at radius 2 is 2.17 bits per heavy atom. The highest BCUT2D eigenvalue weighted by atomic mass is 79.9. The number of amides is 1. The van der Waals surface area contributed by atoms with Crippen LogP contribution in [0.1, 0.15) is 32.6 Å². The molecule has 2 atom stereocenters. The van der Waals surface area contributed by atoms with Crippen LogP contribution < -0.4 is 10.6 Å². The van der Waals surface area contributed by atoms with Crippen molar-refractivity contribution in [3.8, 4) is 0 Å². The van der Waals surface area contributed by atoms with Crippen molar-refractivity contribution in [2.45, 2.75) is 43.5 Å². The average molecular weight is 422 g/mol. The summed E-state index contributed by atoms with van der Waals surface area (Å²) in [7, 11) is 0. The lowest BCUT2D eigenvalue weighted by Gasteiger charge is -2.27. The Balaban J connectivity index is 0.00000264. The molecule has 0 spiro atoms. The van der Waals surface area contributed by atoms with Crippen LogP contribution in [-0.4, -0.2) is 30.8 Å². The van der Waals surface area contributed by atoms with Crippen LogP contribution in [-0.2, 0) is 4.79 Å². The van der Waals surface area contributed by atoms with Crippen molar-refractivity contribution >= 4 is 46.0 Å². The van der Waals surface area contributed by atoms with Crippen LogP contribution in [0.25, 0.3) is 0 Å². The lowest BCUT2D eigenvalue weighted by molar-refractivity contribution is -0.126. The van der Waals surface area contributed by atoms with Gasteiger partial charge in [-0.3, -0.25) is 4.79 Å². The van der Waals surface area contributed by atoms with Gasteiger partial charge < -0.3 is 10.6 Å². The van der Waals surface area contributed by atoms with E-state index >= 15 is 0 Å². The summed E-state index contributed by atoms with van der Waals surface area (Å²) in [5, 5.41) is 6.48. The van der Waals surface area contributed by atoms with Crippen molar-refractivity contribution in [2.75, 3.05) is 18.8 Å². The zero-order chi connectivity index (χ0) is 15.8. The highest BCUT2D eigenvalue weighted by Crippen LogP contribution is 2.27. The second-order valence-electron chi connectivity index (χ2n) is 5.85. The van der Waals surface area contributed by atoms with Gasteiger partial charge in [0.1, 0.15) is 0 Å². The lowest BCUT2D eigenvalue weighted by atomic mass is 9.92. The predicted octanol–water partition coefficient (Wildman–Crippen LogP) is 4.25. The number of halogens is 2. The number of nitrogens with one attached hydrogen (secondary N) is 2. The van der Waals surface area contributed by atoms with E-state index in [1.54, 1.807) is 0 Å².